The summed E-state index contributed by atoms with van der Waals surface area (Å²) in [5.41, 5.74) is 3.94. The summed E-state index contributed by atoms with van der Waals surface area (Å²) < 4.78 is 7.91. The van der Waals surface area contributed by atoms with Crippen molar-refractivity contribution >= 4 is 34.7 Å². The first-order valence-electron chi connectivity index (χ1n) is 12.1. The van der Waals surface area contributed by atoms with Gasteiger partial charge in [-0.05, 0) is 46.6 Å². The van der Waals surface area contributed by atoms with Crippen molar-refractivity contribution in [1.82, 2.24) is 4.57 Å². The quantitative estimate of drug-likeness (QED) is 0.329. The van der Waals surface area contributed by atoms with E-state index in [0.717, 1.165) is 16.0 Å². The summed E-state index contributed by atoms with van der Waals surface area (Å²) in [7, 11) is 0. The van der Waals surface area contributed by atoms with Crippen LogP contribution in [0.4, 0.5) is 0 Å². The van der Waals surface area contributed by atoms with E-state index in [1.165, 1.54) is 28.2 Å². The standard InChI is InChI=1S/C30H28N2O3S2/c1-19-25(28(34)35-18-21-9-6-5-7-10-21)26(23-11-8-16-36-23)32-27(33)24(37-29(32)31-19)17-20-12-14-22(15-13-20)30(2,3)4/h5-17,26H,18H2,1-4H3/b24-17-/t26-/m1/s1. The minimum atomic E-state index is -0.579. The highest BCUT2D eigenvalue weighted by Gasteiger charge is 2.34. The van der Waals surface area contributed by atoms with Crippen LogP contribution >= 0.6 is 22.7 Å². The van der Waals surface area contributed by atoms with Crippen LogP contribution in [0, 0.1) is 0 Å². The van der Waals surface area contributed by atoms with Gasteiger partial charge in [-0.15, -0.1) is 11.3 Å². The van der Waals surface area contributed by atoms with Crippen LogP contribution < -0.4 is 14.9 Å². The molecule has 2 aromatic heterocycles. The molecule has 7 heteroatoms. The molecule has 37 heavy (non-hydrogen) atoms. The molecule has 1 aliphatic heterocycles. The number of esters is 1. The van der Waals surface area contributed by atoms with Crippen LogP contribution in [-0.2, 0) is 21.6 Å². The highest BCUT2D eigenvalue weighted by atomic mass is 32.1. The van der Waals surface area contributed by atoms with Crippen molar-refractivity contribution in [2.75, 3.05) is 0 Å². The van der Waals surface area contributed by atoms with Gasteiger partial charge in [-0.25, -0.2) is 9.79 Å². The fourth-order valence-electron chi connectivity index (χ4n) is 4.33. The average molecular weight is 529 g/mol. The Labute approximate surface area is 223 Å². The largest absolute Gasteiger partial charge is 0.457 e. The second-order valence-corrected chi connectivity index (χ2v) is 12.0. The molecule has 0 aliphatic carbocycles. The Morgan fingerprint density at radius 3 is 2.43 bits per heavy atom. The first-order chi connectivity index (χ1) is 17.7. The molecule has 0 fully saturated rings. The lowest BCUT2D eigenvalue weighted by Crippen LogP contribution is -2.39. The molecule has 0 bridgehead atoms. The molecule has 188 valence electrons. The molecule has 0 N–H and O–H groups in total. The maximum atomic E-state index is 13.7. The maximum absolute atomic E-state index is 13.7. The minimum absolute atomic E-state index is 0.0572. The van der Waals surface area contributed by atoms with Gasteiger partial charge in [0.25, 0.3) is 5.56 Å². The van der Waals surface area contributed by atoms with Crippen LogP contribution in [-0.4, -0.2) is 10.5 Å². The number of fused-ring (bicyclic) bond motifs is 1. The Kier molecular flexibility index (Phi) is 6.84. The monoisotopic (exact) mass is 528 g/mol. The van der Waals surface area contributed by atoms with E-state index in [2.05, 4.69) is 37.9 Å². The average Bonchev–Trinajstić information content (AvgIpc) is 3.51. The van der Waals surface area contributed by atoms with Gasteiger partial charge in [0.2, 0.25) is 0 Å². The van der Waals surface area contributed by atoms with E-state index in [1.807, 2.05) is 73.0 Å². The van der Waals surface area contributed by atoms with Crippen molar-refractivity contribution in [2.24, 2.45) is 4.99 Å². The molecule has 4 aromatic rings. The van der Waals surface area contributed by atoms with Crippen molar-refractivity contribution in [3.63, 3.8) is 0 Å². The van der Waals surface area contributed by atoms with E-state index in [4.69, 9.17) is 4.74 Å². The Bertz CT molecular complexity index is 1640. The summed E-state index contributed by atoms with van der Waals surface area (Å²) in [6.07, 6.45) is 1.90. The Morgan fingerprint density at radius 2 is 1.78 bits per heavy atom. The number of nitrogens with zero attached hydrogens (tertiary/aromatic N) is 2. The third kappa shape index (κ3) is 5.15. The summed E-state index contributed by atoms with van der Waals surface area (Å²) in [4.78, 5) is 33.2. The topological polar surface area (TPSA) is 60.7 Å². The number of rotatable bonds is 5. The molecule has 3 heterocycles. The molecular formula is C30H28N2O3S2. The number of allylic oxidation sites excluding steroid dienone is 1. The van der Waals surface area contributed by atoms with Crippen LogP contribution in [0.15, 0.2) is 93.2 Å². The molecule has 0 saturated carbocycles. The molecule has 0 spiro atoms. The minimum Gasteiger partial charge on any atom is -0.457 e. The van der Waals surface area contributed by atoms with Gasteiger partial charge in [0.1, 0.15) is 12.6 Å². The van der Waals surface area contributed by atoms with Gasteiger partial charge in [0.05, 0.1) is 15.8 Å². The van der Waals surface area contributed by atoms with E-state index in [0.29, 0.717) is 20.6 Å². The van der Waals surface area contributed by atoms with E-state index in [-0.39, 0.29) is 17.6 Å². The summed E-state index contributed by atoms with van der Waals surface area (Å²) in [6.45, 7) is 8.49. The first-order valence-corrected chi connectivity index (χ1v) is 13.8. The lowest BCUT2D eigenvalue weighted by molar-refractivity contribution is -0.140. The number of benzene rings is 2. The maximum Gasteiger partial charge on any atom is 0.338 e. The first kappa shape index (κ1) is 25.1. The van der Waals surface area contributed by atoms with Crippen LogP contribution in [0.5, 0.6) is 0 Å². The number of aromatic nitrogens is 1. The molecule has 5 rings (SSSR count). The van der Waals surface area contributed by atoms with Gasteiger partial charge in [-0.3, -0.25) is 9.36 Å². The third-order valence-corrected chi connectivity index (χ3v) is 8.25. The molecule has 0 unspecified atom stereocenters. The summed E-state index contributed by atoms with van der Waals surface area (Å²) >= 11 is 2.85. The fourth-order valence-corrected chi connectivity index (χ4v) is 6.20. The van der Waals surface area contributed by atoms with Crippen LogP contribution in [0.2, 0.25) is 0 Å². The Morgan fingerprint density at radius 1 is 1.05 bits per heavy atom. The van der Waals surface area contributed by atoms with E-state index in [9.17, 15) is 9.59 Å². The zero-order chi connectivity index (χ0) is 26.2. The van der Waals surface area contributed by atoms with Gasteiger partial charge < -0.3 is 4.74 Å². The highest BCUT2D eigenvalue weighted by Crippen LogP contribution is 2.33. The molecule has 5 nitrogen and oxygen atoms in total. The molecule has 0 amide bonds. The Balaban J connectivity index is 1.55. The number of carbonyl (C=O) groups excluding carboxylic acids is 1. The molecule has 1 aliphatic rings. The summed E-state index contributed by atoms with van der Waals surface area (Å²) in [5, 5.41) is 1.95. The lowest BCUT2D eigenvalue weighted by atomic mass is 9.87. The van der Waals surface area contributed by atoms with Crippen LogP contribution in [0.3, 0.4) is 0 Å². The second kappa shape index (κ2) is 10.1. The molecule has 0 saturated heterocycles. The number of carbonyl (C=O) groups is 1. The molecule has 1 atom stereocenters. The van der Waals surface area contributed by atoms with Crippen molar-refractivity contribution in [3.8, 4) is 0 Å². The van der Waals surface area contributed by atoms with Crippen LogP contribution in [0.25, 0.3) is 6.08 Å². The predicted octanol–water partition coefficient (Wildman–Crippen LogP) is 5.34. The Hall–Kier alpha value is -3.55. The van der Waals surface area contributed by atoms with Gasteiger partial charge in [-0.2, -0.15) is 0 Å². The smallest absolute Gasteiger partial charge is 0.338 e. The second-order valence-electron chi connectivity index (χ2n) is 10.0. The predicted molar refractivity (Wildman–Crippen MR) is 149 cm³/mol. The van der Waals surface area contributed by atoms with Crippen molar-refractivity contribution in [2.45, 2.75) is 45.8 Å². The summed E-state index contributed by atoms with van der Waals surface area (Å²) in [5.74, 6) is -0.462. The lowest BCUT2D eigenvalue weighted by Gasteiger charge is -2.23. The normalized spacial score (nSPS) is 15.9. The molecule has 0 radical (unpaired) electrons. The fraction of sp³-hybridized carbons (Fsp3) is 0.233. The van der Waals surface area contributed by atoms with Gasteiger partial charge in [0, 0.05) is 4.88 Å². The number of ether oxygens (including phenoxy) is 1. The highest BCUT2D eigenvalue weighted by molar-refractivity contribution is 7.10. The number of hydrogen-bond acceptors (Lipinski definition) is 6. The van der Waals surface area contributed by atoms with Crippen molar-refractivity contribution in [1.29, 1.82) is 0 Å². The SMILES string of the molecule is CC1=C(C(=O)OCc2ccccc2)[C@@H](c2cccs2)n2c(s/c(=C\c3ccc(C(C)(C)C)cc3)c2=O)=N1. The van der Waals surface area contributed by atoms with E-state index in [1.54, 1.807) is 4.57 Å². The molecular weight excluding hydrogens is 500 g/mol. The van der Waals surface area contributed by atoms with Gasteiger partial charge in [0.15, 0.2) is 4.80 Å². The van der Waals surface area contributed by atoms with Gasteiger partial charge in [-0.1, -0.05) is 92.8 Å². The van der Waals surface area contributed by atoms with Gasteiger partial charge >= 0.3 is 5.97 Å². The number of thiazole rings is 1. The van der Waals surface area contributed by atoms with Crippen molar-refractivity contribution < 1.29 is 9.53 Å². The third-order valence-electron chi connectivity index (χ3n) is 6.34. The number of hydrogen-bond donors (Lipinski definition) is 0. The van der Waals surface area contributed by atoms with E-state index < -0.39 is 12.0 Å². The van der Waals surface area contributed by atoms with Crippen molar-refractivity contribution in [3.05, 3.63) is 125 Å². The zero-order valence-corrected chi connectivity index (χ0v) is 22.9. The van der Waals surface area contributed by atoms with Crippen LogP contribution in [0.1, 0.15) is 55.3 Å². The van der Waals surface area contributed by atoms with E-state index >= 15 is 0 Å². The summed E-state index contributed by atoms with van der Waals surface area (Å²) in [6, 6.07) is 21.1. The molecule has 2 aromatic carbocycles. The number of thiophene rings is 1. The zero-order valence-electron chi connectivity index (χ0n) is 21.2.